The topological polar surface area (TPSA) is 73.2 Å². The number of nitrogens with one attached hydrogen (secondary N) is 1. The molecule has 0 radical (unpaired) electrons. The first-order chi connectivity index (χ1) is 15.5. The molecule has 168 valence electrons. The van der Waals surface area contributed by atoms with E-state index in [1.54, 1.807) is 29.8 Å². The summed E-state index contributed by atoms with van der Waals surface area (Å²) in [5, 5.41) is 7.53. The third-order valence-electron chi connectivity index (χ3n) is 5.70. The quantitative estimate of drug-likeness (QED) is 0.471. The number of benzene rings is 2. The molecule has 3 aromatic rings. The first-order valence-corrected chi connectivity index (χ1v) is 11.2. The Morgan fingerprint density at radius 1 is 1.03 bits per heavy atom. The minimum Gasteiger partial charge on any atom is -0.461 e. The summed E-state index contributed by atoms with van der Waals surface area (Å²) in [5.41, 5.74) is 4.43. The van der Waals surface area contributed by atoms with E-state index >= 15 is 0 Å². The predicted octanol–water partition coefficient (Wildman–Crippen LogP) is 5.19. The third kappa shape index (κ3) is 5.25. The van der Waals surface area contributed by atoms with Gasteiger partial charge in [0, 0.05) is 17.7 Å². The van der Waals surface area contributed by atoms with Gasteiger partial charge in [-0.25, -0.2) is 9.48 Å². The zero-order chi connectivity index (χ0) is 23.1. The number of nitrogens with zero attached hydrogens (tertiary/aromatic N) is 2. The van der Waals surface area contributed by atoms with E-state index in [9.17, 15) is 9.59 Å². The second kappa shape index (κ2) is 10.8. The van der Waals surface area contributed by atoms with E-state index in [1.807, 2.05) is 43.3 Å². The standard InChI is InChI=1S/C26H31N3O3/c1-5-19(6-2)17-27-25(30)20-12-14-21(15-13-20)29-24(22-11-9-8-10-18(22)4)16-23(28-29)26(31)32-7-3/h8-16,19H,5-7,17H2,1-4H3,(H,27,30). The number of carbonyl (C=O) groups is 2. The van der Waals surface area contributed by atoms with Crippen molar-refractivity contribution >= 4 is 11.9 Å². The lowest BCUT2D eigenvalue weighted by Crippen LogP contribution is -2.28. The average Bonchev–Trinajstić information content (AvgIpc) is 3.25. The van der Waals surface area contributed by atoms with E-state index in [2.05, 4.69) is 24.3 Å². The van der Waals surface area contributed by atoms with Crippen LogP contribution in [-0.4, -0.2) is 34.8 Å². The molecule has 1 amide bonds. The van der Waals surface area contributed by atoms with Gasteiger partial charge in [-0.3, -0.25) is 4.79 Å². The zero-order valence-electron chi connectivity index (χ0n) is 19.2. The molecule has 0 saturated heterocycles. The van der Waals surface area contributed by atoms with E-state index in [1.165, 1.54) is 0 Å². The summed E-state index contributed by atoms with van der Waals surface area (Å²) in [7, 11) is 0. The van der Waals surface area contributed by atoms with Crippen molar-refractivity contribution in [3.05, 3.63) is 71.4 Å². The molecule has 0 aliphatic rings. The summed E-state index contributed by atoms with van der Waals surface area (Å²) in [4.78, 5) is 24.9. The SMILES string of the molecule is CCOC(=O)c1cc(-c2ccccc2C)n(-c2ccc(C(=O)NCC(CC)CC)cc2)n1. The monoisotopic (exact) mass is 433 g/mol. The van der Waals surface area contributed by atoms with Gasteiger partial charge in [0.2, 0.25) is 0 Å². The van der Waals surface area contributed by atoms with Crippen molar-refractivity contribution in [2.45, 2.75) is 40.5 Å². The summed E-state index contributed by atoms with van der Waals surface area (Å²) < 4.78 is 6.87. The van der Waals surface area contributed by atoms with Crippen LogP contribution in [0.4, 0.5) is 0 Å². The summed E-state index contributed by atoms with van der Waals surface area (Å²) in [5.74, 6) is -0.0611. The van der Waals surface area contributed by atoms with Crippen LogP contribution >= 0.6 is 0 Å². The molecule has 0 fully saturated rings. The van der Waals surface area contributed by atoms with Crippen LogP contribution in [0, 0.1) is 12.8 Å². The average molecular weight is 434 g/mol. The van der Waals surface area contributed by atoms with Crippen LogP contribution in [0.2, 0.25) is 0 Å². The largest absolute Gasteiger partial charge is 0.461 e. The molecule has 6 nitrogen and oxygen atoms in total. The van der Waals surface area contributed by atoms with E-state index in [4.69, 9.17) is 4.74 Å². The Labute approximate surface area is 189 Å². The third-order valence-corrected chi connectivity index (χ3v) is 5.70. The highest BCUT2D eigenvalue weighted by atomic mass is 16.5. The summed E-state index contributed by atoms with van der Waals surface area (Å²) >= 11 is 0. The Bertz CT molecular complexity index is 1070. The second-order valence-electron chi connectivity index (χ2n) is 7.80. The Morgan fingerprint density at radius 2 is 1.72 bits per heavy atom. The van der Waals surface area contributed by atoms with Gasteiger partial charge in [-0.15, -0.1) is 0 Å². The Kier molecular flexibility index (Phi) is 7.82. The van der Waals surface area contributed by atoms with E-state index < -0.39 is 5.97 Å². The van der Waals surface area contributed by atoms with E-state index in [0.717, 1.165) is 35.3 Å². The number of aryl methyl sites for hydroxylation is 1. The lowest BCUT2D eigenvalue weighted by atomic mass is 10.0. The summed E-state index contributed by atoms with van der Waals surface area (Å²) in [6, 6.07) is 16.9. The number of esters is 1. The van der Waals surface area contributed by atoms with E-state index in [-0.39, 0.29) is 18.2 Å². The molecule has 32 heavy (non-hydrogen) atoms. The molecule has 1 aromatic heterocycles. The molecule has 1 N–H and O–H groups in total. The van der Waals surface area contributed by atoms with Gasteiger partial charge < -0.3 is 10.1 Å². The molecular formula is C26H31N3O3. The molecule has 3 rings (SSSR count). The van der Waals surface area contributed by atoms with Gasteiger partial charge in [0.25, 0.3) is 5.91 Å². The van der Waals surface area contributed by atoms with E-state index in [0.29, 0.717) is 18.0 Å². The van der Waals surface area contributed by atoms with Crippen molar-refractivity contribution in [2.24, 2.45) is 5.92 Å². The van der Waals surface area contributed by atoms with Crippen LogP contribution in [0.25, 0.3) is 16.9 Å². The highest BCUT2D eigenvalue weighted by Gasteiger charge is 2.19. The van der Waals surface area contributed by atoms with Gasteiger partial charge in [-0.2, -0.15) is 5.10 Å². The number of amides is 1. The Morgan fingerprint density at radius 3 is 2.34 bits per heavy atom. The fourth-order valence-electron chi connectivity index (χ4n) is 3.61. The van der Waals surface area contributed by atoms with Crippen molar-refractivity contribution in [3.8, 4) is 16.9 Å². The molecule has 0 aliphatic heterocycles. The van der Waals surface area contributed by atoms with Crippen LogP contribution in [0.5, 0.6) is 0 Å². The molecule has 0 spiro atoms. The Balaban J connectivity index is 1.92. The predicted molar refractivity (Wildman–Crippen MR) is 126 cm³/mol. The van der Waals surface area contributed by atoms with Gasteiger partial charge in [0.05, 0.1) is 18.0 Å². The van der Waals surface area contributed by atoms with Crippen LogP contribution in [0.15, 0.2) is 54.6 Å². The van der Waals surface area contributed by atoms with Gasteiger partial charge in [-0.05, 0) is 55.7 Å². The van der Waals surface area contributed by atoms with Crippen molar-refractivity contribution in [1.29, 1.82) is 0 Å². The lowest BCUT2D eigenvalue weighted by molar-refractivity contribution is 0.0518. The maximum Gasteiger partial charge on any atom is 0.358 e. The minimum absolute atomic E-state index is 0.0877. The van der Waals surface area contributed by atoms with Crippen LogP contribution < -0.4 is 5.32 Å². The van der Waals surface area contributed by atoms with Crippen LogP contribution in [-0.2, 0) is 4.74 Å². The summed E-state index contributed by atoms with van der Waals surface area (Å²) in [6.45, 7) is 9.01. The summed E-state index contributed by atoms with van der Waals surface area (Å²) in [6.07, 6.45) is 2.08. The molecule has 0 saturated carbocycles. The molecular weight excluding hydrogens is 402 g/mol. The molecule has 0 aliphatic carbocycles. The molecule has 0 atom stereocenters. The van der Waals surface area contributed by atoms with Crippen molar-refractivity contribution in [1.82, 2.24) is 15.1 Å². The lowest BCUT2D eigenvalue weighted by Gasteiger charge is -2.14. The maximum absolute atomic E-state index is 12.5. The molecule has 6 heteroatoms. The minimum atomic E-state index is -0.460. The smallest absolute Gasteiger partial charge is 0.358 e. The number of ether oxygens (including phenoxy) is 1. The fourth-order valence-corrected chi connectivity index (χ4v) is 3.61. The van der Waals surface area contributed by atoms with Crippen molar-refractivity contribution in [2.75, 3.05) is 13.2 Å². The molecule has 2 aromatic carbocycles. The van der Waals surface area contributed by atoms with Gasteiger partial charge >= 0.3 is 5.97 Å². The number of hydrogen-bond acceptors (Lipinski definition) is 4. The second-order valence-corrected chi connectivity index (χ2v) is 7.80. The first-order valence-electron chi connectivity index (χ1n) is 11.2. The highest BCUT2D eigenvalue weighted by molar-refractivity contribution is 5.94. The Hall–Kier alpha value is -3.41. The van der Waals surface area contributed by atoms with Crippen molar-refractivity contribution in [3.63, 3.8) is 0 Å². The van der Waals surface area contributed by atoms with Gasteiger partial charge in [0.1, 0.15) is 0 Å². The van der Waals surface area contributed by atoms with Crippen molar-refractivity contribution < 1.29 is 14.3 Å². The van der Waals surface area contributed by atoms with Crippen LogP contribution in [0.3, 0.4) is 0 Å². The number of carbonyl (C=O) groups excluding carboxylic acids is 2. The van der Waals surface area contributed by atoms with Crippen LogP contribution in [0.1, 0.15) is 60.0 Å². The number of rotatable bonds is 9. The number of hydrogen-bond donors (Lipinski definition) is 1. The molecule has 1 heterocycles. The maximum atomic E-state index is 12.5. The molecule has 0 bridgehead atoms. The fraction of sp³-hybridized carbons (Fsp3) is 0.346. The number of aromatic nitrogens is 2. The normalized spacial score (nSPS) is 10.9. The highest BCUT2D eigenvalue weighted by Crippen LogP contribution is 2.27. The first kappa shape index (κ1) is 23.3. The molecule has 0 unspecified atom stereocenters. The zero-order valence-corrected chi connectivity index (χ0v) is 19.2. The van der Waals surface area contributed by atoms with Gasteiger partial charge in [0.15, 0.2) is 5.69 Å². The van der Waals surface area contributed by atoms with Gasteiger partial charge in [-0.1, -0.05) is 51.0 Å².